The molecule has 1 aromatic heterocycles. The number of hydrogen-bond donors (Lipinski definition) is 1. The van der Waals surface area contributed by atoms with Gasteiger partial charge in [-0.2, -0.15) is 0 Å². The Labute approximate surface area is 105 Å². The highest BCUT2D eigenvalue weighted by Gasteiger charge is 2.23. The largest absolute Gasteiger partial charge is 0.318 e. The van der Waals surface area contributed by atoms with Crippen LogP contribution in [0.15, 0.2) is 22.9 Å². The van der Waals surface area contributed by atoms with Crippen molar-refractivity contribution in [3.8, 4) is 0 Å². The number of likely N-dealkylation sites (tertiary alicyclic amines) is 1. The zero-order chi connectivity index (χ0) is 11.4. The van der Waals surface area contributed by atoms with E-state index in [0.29, 0.717) is 6.04 Å². The van der Waals surface area contributed by atoms with Crippen molar-refractivity contribution in [1.29, 1.82) is 0 Å². The van der Waals surface area contributed by atoms with Gasteiger partial charge >= 0.3 is 0 Å². The van der Waals surface area contributed by atoms with Gasteiger partial charge in [0.15, 0.2) is 0 Å². The van der Waals surface area contributed by atoms with Crippen LogP contribution in [0.4, 0.5) is 0 Å². The van der Waals surface area contributed by atoms with Gasteiger partial charge in [-0.3, -0.25) is 9.88 Å². The molecule has 1 aromatic rings. The van der Waals surface area contributed by atoms with Crippen molar-refractivity contribution in [2.24, 2.45) is 0 Å². The molecule has 1 saturated heterocycles. The first-order valence-electron chi connectivity index (χ1n) is 5.77. The number of likely N-dealkylation sites (N-methyl/N-ethyl adjacent to an activating group) is 1. The molecule has 1 aliphatic rings. The predicted molar refractivity (Wildman–Crippen MR) is 69.3 cm³/mol. The van der Waals surface area contributed by atoms with E-state index >= 15 is 0 Å². The standard InChI is InChI=1S/C12H18BrN3/c1-14-8-12-3-2-4-16(12)9-10-5-11(13)7-15-6-10/h5-7,12,14H,2-4,8-9H2,1H3. The molecule has 0 amide bonds. The smallest absolute Gasteiger partial charge is 0.0410 e. The van der Waals surface area contributed by atoms with Gasteiger partial charge in [-0.1, -0.05) is 0 Å². The Morgan fingerprint density at radius 2 is 2.44 bits per heavy atom. The summed E-state index contributed by atoms with van der Waals surface area (Å²) < 4.78 is 1.06. The molecule has 1 unspecified atom stereocenters. The third kappa shape index (κ3) is 3.03. The quantitative estimate of drug-likeness (QED) is 0.917. The van der Waals surface area contributed by atoms with E-state index in [1.54, 1.807) is 0 Å². The van der Waals surface area contributed by atoms with Crippen molar-refractivity contribution >= 4 is 15.9 Å². The van der Waals surface area contributed by atoms with Gasteiger partial charge in [0, 0.05) is 36.0 Å². The fraction of sp³-hybridized carbons (Fsp3) is 0.583. The van der Waals surface area contributed by atoms with E-state index in [2.05, 4.69) is 37.2 Å². The van der Waals surface area contributed by atoms with Gasteiger partial charge < -0.3 is 5.32 Å². The second-order valence-corrected chi connectivity index (χ2v) is 5.25. The van der Waals surface area contributed by atoms with Crippen molar-refractivity contribution in [1.82, 2.24) is 15.2 Å². The molecule has 4 heteroatoms. The molecule has 2 heterocycles. The average Bonchev–Trinajstić information content (AvgIpc) is 2.66. The molecule has 2 rings (SSSR count). The van der Waals surface area contributed by atoms with Gasteiger partial charge in [-0.15, -0.1) is 0 Å². The topological polar surface area (TPSA) is 28.2 Å². The first-order chi connectivity index (χ1) is 7.79. The molecule has 1 aliphatic heterocycles. The van der Waals surface area contributed by atoms with Gasteiger partial charge in [0.2, 0.25) is 0 Å². The zero-order valence-electron chi connectivity index (χ0n) is 9.62. The molecule has 16 heavy (non-hydrogen) atoms. The molecule has 0 saturated carbocycles. The lowest BCUT2D eigenvalue weighted by molar-refractivity contribution is 0.242. The van der Waals surface area contributed by atoms with E-state index in [-0.39, 0.29) is 0 Å². The highest BCUT2D eigenvalue weighted by molar-refractivity contribution is 9.10. The SMILES string of the molecule is CNCC1CCCN1Cc1cncc(Br)c1. The first kappa shape index (κ1) is 12.0. The lowest BCUT2D eigenvalue weighted by Gasteiger charge is -2.24. The summed E-state index contributed by atoms with van der Waals surface area (Å²) in [6.45, 7) is 3.30. The van der Waals surface area contributed by atoms with Crippen molar-refractivity contribution in [3.63, 3.8) is 0 Å². The minimum atomic E-state index is 0.684. The molecular weight excluding hydrogens is 266 g/mol. The monoisotopic (exact) mass is 283 g/mol. The summed E-state index contributed by atoms with van der Waals surface area (Å²) in [5, 5.41) is 3.27. The Morgan fingerprint density at radius 1 is 1.56 bits per heavy atom. The normalized spacial score (nSPS) is 21.5. The van der Waals surface area contributed by atoms with E-state index in [9.17, 15) is 0 Å². The van der Waals surface area contributed by atoms with Crippen LogP contribution >= 0.6 is 15.9 Å². The van der Waals surface area contributed by atoms with Crippen LogP contribution in [0, 0.1) is 0 Å². The number of pyridine rings is 1. The molecule has 0 aromatic carbocycles. The molecule has 1 fully saturated rings. The predicted octanol–water partition coefficient (Wildman–Crippen LogP) is 2.03. The summed E-state index contributed by atoms with van der Waals surface area (Å²) in [6, 6.07) is 2.84. The van der Waals surface area contributed by atoms with Crippen molar-refractivity contribution in [2.45, 2.75) is 25.4 Å². The third-order valence-electron chi connectivity index (χ3n) is 3.09. The summed E-state index contributed by atoms with van der Waals surface area (Å²) in [6.07, 6.45) is 6.41. The van der Waals surface area contributed by atoms with Crippen LogP contribution in [0.1, 0.15) is 18.4 Å². The minimum absolute atomic E-state index is 0.684. The zero-order valence-corrected chi connectivity index (χ0v) is 11.2. The highest BCUT2D eigenvalue weighted by Crippen LogP contribution is 2.20. The van der Waals surface area contributed by atoms with E-state index in [0.717, 1.165) is 17.6 Å². The lowest BCUT2D eigenvalue weighted by Crippen LogP contribution is -2.36. The average molecular weight is 284 g/mol. The number of rotatable bonds is 4. The van der Waals surface area contributed by atoms with E-state index in [1.165, 1.54) is 24.9 Å². The van der Waals surface area contributed by atoms with Crippen LogP contribution in [0.25, 0.3) is 0 Å². The van der Waals surface area contributed by atoms with Crippen LogP contribution < -0.4 is 5.32 Å². The van der Waals surface area contributed by atoms with Crippen LogP contribution in [0.5, 0.6) is 0 Å². The fourth-order valence-corrected chi connectivity index (χ4v) is 2.76. The Kier molecular flexibility index (Phi) is 4.32. The maximum absolute atomic E-state index is 4.21. The number of halogens is 1. The first-order valence-corrected chi connectivity index (χ1v) is 6.57. The third-order valence-corrected chi connectivity index (χ3v) is 3.52. The van der Waals surface area contributed by atoms with Crippen LogP contribution in [0.2, 0.25) is 0 Å². The summed E-state index contributed by atoms with van der Waals surface area (Å²) in [5.41, 5.74) is 1.29. The van der Waals surface area contributed by atoms with Crippen molar-refractivity contribution in [3.05, 3.63) is 28.5 Å². The van der Waals surface area contributed by atoms with E-state index in [4.69, 9.17) is 0 Å². The molecule has 3 nitrogen and oxygen atoms in total. The molecule has 0 radical (unpaired) electrons. The fourth-order valence-electron chi connectivity index (χ4n) is 2.35. The van der Waals surface area contributed by atoms with Gasteiger partial charge in [0.05, 0.1) is 0 Å². The van der Waals surface area contributed by atoms with Gasteiger partial charge in [0.25, 0.3) is 0 Å². The summed E-state index contributed by atoms with van der Waals surface area (Å²) >= 11 is 3.46. The minimum Gasteiger partial charge on any atom is -0.318 e. The van der Waals surface area contributed by atoms with Crippen LogP contribution in [0.3, 0.4) is 0 Å². The molecule has 1 atom stereocenters. The molecule has 0 bridgehead atoms. The van der Waals surface area contributed by atoms with Gasteiger partial charge in [-0.05, 0) is 54.0 Å². The summed E-state index contributed by atoms with van der Waals surface area (Å²) in [4.78, 5) is 6.75. The number of nitrogens with one attached hydrogen (secondary N) is 1. The second kappa shape index (κ2) is 5.75. The number of nitrogens with zero attached hydrogens (tertiary/aromatic N) is 2. The van der Waals surface area contributed by atoms with Crippen molar-refractivity contribution < 1.29 is 0 Å². The second-order valence-electron chi connectivity index (χ2n) is 4.34. The Bertz CT molecular complexity index is 343. The van der Waals surface area contributed by atoms with Crippen LogP contribution in [-0.2, 0) is 6.54 Å². The molecule has 1 N–H and O–H groups in total. The lowest BCUT2D eigenvalue weighted by atomic mass is 10.2. The highest BCUT2D eigenvalue weighted by atomic mass is 79.9. The van der Waals surface area contributed by atoms with Gasteiger partial charge in [-0.25, -0.2) is 0 Å². The molecule has 0 aliphatic carbocycles. The van der Waals surface area contributed by atoms with Crippen LogP contribution in [-0.4, -0.2) is 36.1 Å². The molecular formula is C12H18BrN3. The number of aromatic nitrogens is 1. The van der Waals surface area contributed by atoms with E-state index in [1.807, 2.05) is 19.4 Å². The number of hydrogen-bond acceptors (Lipinski definition) is 3. The Hall–Kier alpha value is -0.450. The Morgan fingerprint density at radius 3 is 3.19 bits per heavy atom. The summed E-state index contributed by atoms with van der Waals surface area (Å²) in [7, 11) is 2.02. The Balaban J connectivity index is 1.98. The van der Waals surface area contributed by atoms with E-state index < -0.39 is 0 Å². The van der Waals surface area contributed by atoms with Crippen molar-refractivity contribution in [2.75, 3.05) is 20.1 Å². The molecule has 0 spiro atoms. The maximum Gasteiger partial charge on any atom is 0.0410 e. The maximum atomic E-state index is 4.21. The molecule has 88 valence electrons. The van der Waals surface area contributed by atoms with Gasteiger partial charge in [0.1, 0.15) is 0 Å². The summed E-state index contributed by atoms with van der Waals surface area (Å²) in [5.74, 6) is 0.